The van der Waals surface area contributed by atoms with Crippen LogP contribution in [0.4, 0.5) is 0 Å². The van der Waals surface area contributed by atoms with Crippen molar-refractivity contribution in [2.24, 2.45) is 11.3 Å². The van der Waals surface area contributed by atoms with Crippen molar-refractivity contribution in [1.29, 1.82) is 0 Å². The van der Waals surface area contributed by atoms with Crippen molar-refractivity contribution in [3.05, 3.63) is 23.8 Å². The second-order valence-electron chi connectivity index (χ2n) is 4.56. The second kappa shape index (κ2) is 3.35. The number of Topliss-reactive ketones (excluding diaryl/α,β-unsaturated/α-hetero) is 1. The van der Waals surface area contributed by atoms with Crippen LogP contribution in [-0.4, -0.2) is 17.5 Å². The summed E-state index contributed by atoms with van der Waals surface area (Å²) in [7, 11) is 0. The van der Waals surface area contributed by atoms with Gasteiger partial charge in [-0.3, -0.25) is 4.79 Å². The van der Waals surface area contributed by atoms with Gasteiger partial charge in [0.1, 0.15) is 5.78 Å². The molecular weight excluding hydrogens is 176 g/mol. The molecule has 0 heterocycles. The molecule has 0 aromatic heterocycles. The van der Waals surface area contributed by atoms with Crippen LogP contribution in [0.25, 0.3) is 0 Å². The Labute approximate surface area is 84.3 Å². The summed E-state index contributed by atoms with van der Waals surface area (Å²) in [5, 5.41) is 9.22. The predicted octanol–water partition coefficient (Wildman–Crippen LogP) is 1.85. The minimum absolute atomic E-state index is 0.0812. The first-order valence-corrected chi connectivity index (χ1v) is 5.16. The van der Waals surface area contributed by atoms with Crippen molar-refractivity contribution in [2.45, 2.75) is 26.2 Å². The topological polar surface area (TPSA) is 37.3 Å². The molecule has 1 N–H and O–H groups in total. The van der Waals surface area contributed by atoms with Gasteiger partial charge in [-0.1, -0.05) is 25.2 Å². The van der Waals surface area contributed by atoms with E-state index in [1.807, 2.05) is 12.2 Å². The second-order valence-corrected chi connectivity index (χ2v) is 4.56. The Morgan fingerprint density at radius 2 is 2.43 bits per heavy atom. The standard InChI is InChI=1S/C12H16O2/c1-12-5-2-3-9(8-13)11(12)7-10(14)4-6-12/h2-3,5,11,13H,4,6-8H2,1H3. The molecule has 1 saturated carbocycles. The lowest BCUT2D eigenvalue weighted by molar-refractivity contribution is -0.123. The monoisotopic (exact) mass is 192 g/mol. The van der Waals surface area contributed by atoms with Crippen molar-refractivity contribution in [3.63, 3.8) is 0 Å². The summed E-state index contributed by atoms with van der Waals surface area (Å²) >= 11 is 0. The van der Waals surface area contributed by atoms with Gasteiger partial charge in [0.15, 0.2) is 0 Å². The molecule has 0 spiro atoms. The zero-order valence-corrected chi connectivity index (χ0v) is 8.49. The fourth-order valence-electron chi connectivity index (χ4n) is 2.57. The molecule has 0 saturated heterocycles. The van der Waals surface area contributed by atoms with Gasteiger partial charge in [-0.2, -0.15) is 0 Å². The summed E-state index contributed by atoms with van der Waals surface area (Å²) in [5.74, 6) is 0.570. The van der Waals surface area contributed by atoms with E-state index in [1.165, 1.54) is 0 Å². The molecule has 2 atom stereocenters. The van der Waals surface area contributed by atoms with Crippen molar-refractivity contribution in [3.8, 4) is 0 Å². The predicted molar refractivity (Wildman–Crippen MR) is 54.8 cm³/mol. The summed E-state index contributed by atoms with van der Waals surface area (Å²) in [6, 6.07) is 0. The Morgan fingerprint density at radius 1 is 1.64 bits per heavy atom. The lowest BCUT2D eigenvalue weighted by Crippen LogP contribution is -2.36. The van der Waals surface area contributed by atoms with E-state index in [0.717, 1.165) is 12.0 Å². The fourth-order valence-corrected chi connectivity index (χ4v) is 2.57. The maximum atomic E-state index is 11.4. The van der Waals surface area contributed by atoms with Gasteiger partial charge in [-0.05, 0) is 23.3 Å². The third-order valence-electron chi connectivity index (χ3n) is 3.59. The summed E-state index contributed by atoms with van der Waals surface area (Å²) in [5.41, 5.74) is 1.11. The molecule has 0 amide bonds. The number of fused-ring (bicyclic) bond motifs is 1. The number of carbonyl (C=O) groups is 1. The molecule has 0 bridgehead atoms. The first-order chi connectivity index (χ1) is 6.65. The molecule has 2 nitrogen and oxygen atoms in total. The summed E-state index contributed by atoms with van der Waals surface area (Å²) < 4.78 is 0. The van der Waals surface area contributed by atoms with Crippen molar-refractivity contribution in [1.82, 2.24) is 0 Å². The smallest absolute Gasteiger partial charge is 0.133 e. The quantitative estimate of drug-likeness (QED) is 0.688. The molecule has 2 heteroatoms. The van der Waals surface area contributed by atoms with Crippen LogP contribution in [0.1, 0.15) is 26.2 Å². The van der Waals surface area contributed by atoms with Crippen LogP contribution in [0.2, 0.25) is 0 Å². The molecule has 2 rings (SSSR count). The minimum Gasteiger partial charge on any atom is -0.392 e. The molecule has 1 fully saturated rings. The number of carbonyl (C=O) groups excluding carboxylic acids is 1. The van der Waals surface area contributed by atoms with Gasteiger partial charge in [0, 0.05) is 12.8 Å². The van der Waals surface area contributed by atoms with E-state index in [2.05, 4.69) is 13.0 Å². The molecule has 76 valence electrons. The number of ketones is 1. The molecular formula is C12H16O2. The van der Waals surface area contributed by atoms with Crippen molar-refractivity contribution in [2.75, 3.05) is 6.61 Å². The first kappa shape index (κ1) is 9.66. The van der Waals surface area contributed by atoms with Gasteiger partial charge in [0.2, 0.25) is 0 Å². The highest BCUT2D eigenvalue weighted by Crippen LogP contribution is 2.46. The summed E-state index contributed by atoms with van der Waals surface area (Å²) in [6.45, 7) is 2.27. The third kappa shape index (κ3) is 1.44. The number of rotatable bonds is 1. The van der Waals surface area contributed by atoms with E-state index in [1.54, 1.807) is 0 Å². The van der Waals surface area contributed by atoms with Crippen LogP contribution in [0.3, 0.4) is 0 Å². The van der Waals surface area contributed by atoms with Gasteiger partial charge >= 0.3 is 0 Å². The molecule has 2 unspecified atom stereocenters. The SMILES string of the molecule is CC12C=CC=C(CO)C1CC(=O)CC2. The van der Waals surface area contributed by atoms with Crippen LogP contribution >= 0.6 is 0 Å². The Bertz CT molecular complexity index is 314. The highest BCUT2D eigenvalue weighted by molar-refractivity contribution is 5.80. The number of allylic oxidation sites excluding steroid dienone is 3. The van der Waals surface area contributed by atoms with Crippen LogP contribution in [0.15, 0.2) is 23.8 Å². The Hall–Kier alpha value is -0.890. The number of hydrogen-bond acceptors (Lipinski definition) is 2. The largest absolute Gasteiger partial charge is 0.392 e. The van der Waals surface area contributed by atoms with E-state index in [4.69, 9.17) is 0 Å². The number of hydrogen-bond donors (Lipinski definition) is 1. The van der Waals surface area contributed by atoms with E-state index < -0.39 is 0 Å². The Morgan fingerprint density at radius 3 is 3.14 bits per heavy atom. The normalized spacial score (nSPS) is 36.6. The van der Waals surface area contributed by atoms with Crippen molar-refractivity contribution < 1.29 is 9.90 Å². The molecule has 2 aliphatic rings. The fraction of sp³-hybridized carbons (Fsp3) is 0.583. The van der Waals surface area contributed by atoms with Gasteiger partial charge in [0.25, 0.3) is 0 Å². The zero-order chi connectivity index (χ0) is 10.2. The van der Waals surface area contributed by atoms with Gasteiger partial charge in [-0.15, -0.1) is 0 Å². The molecule has 0 aliphatic heterocycles. The van der Waals surface area contributed by atoms with E-state index in [-0.39, 0.29) is 17.9 Å². The average molecular weight is 192 g/mol. The highest BCUT2D eigenvalue weighted by Gasteiger charge is 2.40. The number of aliphatic hydroxyl groups excluding tert-OH is 1. The van der Waals surface area contributed by atoms with Gasteiger partial charge in [0.05, 0.1) is 6.61 Å². The minimum atomic E-state index is 0.0812. The Balaban J connectivity index is 2.30. The molecule has 0 radical (unpaired) electrons. The van der Waals surface area contributed by atoms with Crippen molar-refractivity contribution >= 4 is 5.78 Å². The van der Waals surface area contributed by atoms with Gasteiger partial charge < -0.3 is 5.11 Å². The maximum Gasteiger partial charge on any atom is 0.133 e. The third-order valence-corrected chi connectivity index (χ3v) is 3.59. The van der Waals surface area contributed by atoms with Crippen LogP contribution in [-0.2, 0) is 4.79 Å². The van der Waals surface area contributed by atoms with Gasteiger partial charge in [-0.25, -0.2) is 0 Å². The molecule has 2 aliphatic carbocycles. The van der Waals surface area contributed by atoms with E-state index in [0.29, 0.717) is 18.6 Å². The Kier molecular flexibility index (Phi) is 2.31. The average Bonchev–Trinajstić information content (AvgIpc) is 2.18. The zero-order valence-electron chi connectivity index (χ0n) is 8.49. The molecule has 0 aromatic rings. The van der Waals surface area contributed by atoms with E-state index >= 15 is 0 Å². The maximum absolute atomic E-state index is 11.4. The molecule has 0 aromatic carbocycles. The lowest BCUT2D eigenvalue weighted by atomic mass is 9.62. The van der Waals surface area contributed by atoms with Crippen LogP contribution < -0.4 is 0 Å². The van der Waals surface area contributed by atoms with Crippen LogP contribution in [0, 0.1) is 11.3 Å². The van der Waals surface area contributed by atoms with E-state index in [9.17, 15) is 9.90 Å². The first-order valence-electron chi connectivity index (χ1n) is 5.16. The highest BCUT2D eigenvalue weighted by atomic mass is 16.3. The summed E-state index contributed by atoms with van der Waals surface area (Å²) in [6.07, 6.45) is 8.36. The summed E-state index contributed by atoms with van der Waals surface area (Å²) in [4.78, 5) is 11.4. The van der Waals surface area contributed by atoms with Crippen LogP contribution in [0.5, 0.6) is 0 Å². The number of aliphatic hydroxyl groups is 1. The lowest BCUT2D eigenvalue weighted by Gasteiger charge is -2.41. The molecule has 14 heavy (non-hydrogen) atoms.